The van der Waals surface area contributed by atoms with Gasteiger partial charge in [0.1, 0.15) is 6.10 Å². The van der Waals surface area contributed by atoms with Crippen molar-refractivity contribution in [1.29, 1.82) is 0 Å². The number of aliphatic hydroxyl groups is 2. The maximum absolute atomic E-state index is 10.5. The lowest BCUT2D eigenvalue weighted by Crippen LogP contribution is -2.49. The summed E-state index contributed by atoms with van der Waals surface area (Å²) in [6.45, 7) is 2.95. The second-order valence-electron chi connectivity index (χ2n) is 3.36. The Labute approximate surface area is 81.8 Å². The molecule has 1 amide bonds. The Hall–Kier alpha value is -0.690. The maximum Gasteiger partial charge on any atom is 0.240 e. The first-order valence-electron chi connectivity index (χ1n) is 4.44. The molecular formula is C8H15NO5. The molecule has 0 aliphatic carbocycles. The summed E-state index contributed by atoms with van der Waals surface area (Å²) in [5, 5.41) is 18.7. The van der Waals surface area contributed by atoms with Crippen LogP contribution in [0.2, 0.25) is 0 Å². The molecule has 0 aromatic heterocycles. The second kappa shape index (κ2) is 4.70. The number of nitrogens with one attached hydrogen (secondary N) is 1. The minimum atomic E-state index is -0.937. The van der Waals surface area contributed by atoms with E-state index in [2.05, 4.69) is 5.48 Å². The minimum Gasteiger partial charge on any atom is -0.390 e. The third-order valence-electron chi connectivity index (χ3n) is 2.01. The first-order chi connectivity index (χ1) is 6.50. The predicted octanol–water partition coefficient (Wildman–Crippen LogP) is -1.09. The van der Waals surface area contributed by atoms with Crippen molar-refractivity contribution in [1.82, 2.24) is 5.48 Å². The summed E-state index contributed by atoms with van der Waals surface area (Å²) < 4.78 is 5.12. The molecule has 1 aliphatic heterocycles. The van der Waals surface area contributed by atoms with Crippen molar-refractivity contribution in [3.8, 4) is 0 Å². The van der Waals surface area contributed by atoms with Gasteiger partial charge < -0.3 is 14.9 Å². The number of carbonyl (C=O) groups is 1. The van der Waals surface area contributed by atoms with Crippen molar-refractivity contribution in [2.24, 2.45) is 0 Å². The fraction of sp³-hybridized carbons (Fsp3) is 0.875. The first kappa shape index (κ1) is 11.4. The molecule has 4 atom stereocenters. The van der Waals surface area contributed by atoms with E-state index in [0.29, 0.717) is 0 Å². The van der Waals surface area contributed by atoms with Crippen molar-refractivity contribution in [3.05, 3.63) is 0 Å². The van der Waals surface area contributed by atoms with Crippen LogP contribution in [-0.4, -0.2) is 40.7 Å². The van der Waals surface area contributed by atoms with Gasteiger partial charge in [-0.05, 0) is 6.92 Å². The van der Waals surface area contributed by atoms with E-state index in [-0.39, 0.29) is 12.3 Å². The molecule has 0 spiro atoms. The van der Waals surface area contributed by atoms with Crippen LogP contribution < -0.4 is 5.48 Å². The molecule has 0 radical (unpaired) electrons. The Morgan fingerprint density at radius 3 is 2.71 bits per heavy atom. The molecule has 0 aromatic rings. The van der Waals surface area contributed by atoms with Crippen LogP contribution in [0.4, 0.5) is 0 Å². The van der Waals surface area contributed by atoms with Crippen LogP contribution in [0.15, 0.2) is 0 Å². The van der Waals surface area contributed by atoms with Crippen molar-refractivity contribution in [2.75, 3.05) is 0 Å². The number of rotatable bonds is 2. The summed E-state index contributed by atoms with van der Waals surface area (Å²) in [6, 6.07) is 0. The molecule has 1 heterocycles. The molecule has 0 saturated carbocycles. The fourth-order valence-electron chi connectivity index (χ4n) is 1.19. The van der Waals surface area contributed by atoms with Crippen LogP contribution in [0.3, 0.4) is 0 Å². The van der Waals surface area contributed by atoms with E-state index in [4.69, 9.17) is 9.57 Å². The Balaban J connectivity index is 2.40. The lowest BCUT2D eigenvalue weighted by atomic mass is 10.0. The maximum atomic E-state index is 10.5. The summed E-state index contributed by atoms with van der Waals surface area (Å²) in [4.78, 5) is 15.3. The van der Waals surface area contributed by atoms with Crippen molar-refractivity contribution in [3.63, 3.8) is 0 Å². The number of aliphatic hydroxyl groups excluding tert-OH is 2. The molecule has 6 nitrogen and oxygen atoms in total. The predicted molar refractivity (Wildman–Crippen MR) is 45.9 cm³/mol. The van der Waals surface area contributed by atoms with Crippen LogP contribution in [0.5, 0.6) is 0 Å². The quantitative estimate of drug-likeness (QED) is 0.499. The van der Waals surface area contributed by atoms with Crippen LogP contribution in [0.25, 0.3) is 0 Å². The van der Waals surface area contributed by atoms with E-state index < -0.39 is 24.6 Å². The lowest BCUT2D eigenvalue weighted by Gasteiger charge is -2.34. The first-order valence-corrected chi connectivity index (χ1v) is 4.44. The normalized spacial score (nSPS) is 38.0. The molecule has 1 fully saturated rings. The number of carbonyl (C=O) groups excluding carboxylic acids is 1. The number of hydrogen-bond donors (Lipinski definition) is 3. The van der Waals surface area contributed by atoms with Gasteiger partial charge >= 0.3 is 0 Å². The van der Waals surface area contributed by atoms with Crippen LogP contribution in [-0.2, 0) is 14.4 Å². The highest BCUT2D eigenvalue weighted by Crippen LogP contribution is 2.20. The van der Waals surface area contributed by atoms with Gasteiger partial charge in [-0.1, -0.05) is 0 Å². The van der Waals surface area contributed by atoms with Gasteiger partial charge in [0, 0.05) is 13.3 Å². The van der Waals surface area contributed by atoms with Crippen LogP contribution in [0, 0.1) is 0 Å². The Kier molecular flexibility index (Phi) is 3.82. The zero-order valence-electron chi connectivity index (χ0n) is 8.14. The smallest absolute Gasteiger partial charge is 0.240 e. The Bertz CT molecular complexity index is 210. The van der Waals surface area contributed by atoms with Gasteiger partial charge in [-0.15, -0.1) is 0 Å². The summed E-state index contributed by atoms with van der Waals surface area (Å²) in [7, 11) is 0. The summed E-state index contributed by atoms with van der Waals surface area (Å²) in [5.41, 5.74) is 2.08. The van der Waals surface area contributed by atoms with Gasteiger partial charge in [-0.3, -0.25) is 4.79 Å². The third-order valence-corrected chi connectivity index (χ3v) is 2.01. The molecule has 1 rings (SSSR count). The van der Waals surface area contributed by atoms with Gasteiger partial charge in [-0.2, -0.15) is 0 Å². The molecule has 6 heteroatoms. The average molecular weight is 205 g/mol. The van der Waals surface area contributed by atoms with Crippen LogP contribution in [0.1, 0.15) is 20.3 Å². The number of hydroxylamine groups is 1. The number of amides is 1. The topological polar surface area (TPSA) is 88.0 Å². The standard InChI is InChI=1S/C8H15NO5/c1-4-6(11)3-7(12)8(13-4)14-9-5(2)10/h4,6-8,11-12H,3H2,1-2H3,(H,9,10)/t4-,6-,7-,8-/m1/s1. The zero-order chi connectivity index (χ0) is 10.7. The molecule has 0 aromatic carbocycles. The van der Waals surface area contributed by atoms with E-state index in [1.807, 2.05) is 0 Å². The molecule has 3 N–H and O–H groups in total. The van der Waals surface area contributed by atoms with Crippen molar-refractivity contribution < 1.29 is 24.6 Å². The highest BCUT2D eigenvalue weighted by atomic mass is 16.8. The van der Waals surface area contributed by atoms with E-state index in [1.54, 1.807) is 6.92 Å². The summed E-state index contributed by atoms with van der Waals surface area (Å²) in [5.74, 6) is -0.375. The second-order valence-corrected chi connectivity index (χ2v) is 3.36. The molecule has 82 valence electrons. The SMILES string of the molecule is CC(=O)NO[C@H]1O[C@H](C)[C@H](O)C[C@H]1O. The molecular weight excluding hydrogens is 190 g/mol. The molecule has 1 aliphatic rings. The molecule has 14 heavy (non-hydrogen) atoms. The van der Waals surface area contributed by atoms with Crippen LogP contribution >= 0.6 is 0 Å². The Morgan fingerprint density at radius 1 is 1.50 bits per heavy atom. The van der Waals surface area contributed by atoms with Crippen molar-refractivity contribution in [2.45, 2.75) is 44.9 Å². The van der Waals surface area contributed by atoms with E-state index in [9.17, 15) is 15.0 Å². The van der Waals surface area contributed by atoms with Gasteiger partial charge in [-0.25, -0.2) is 10.3 Å². The zero-order valence-corrected chi connectivity index (χ0v) is 8.14. The van der Waals surface area contributed by atoms with Crippen molar-refractivity contribution >= 4 is 5.91 Å². The monoisotopic (exact) mass is 205 g/mol. The third kappa shape index (κ3) is 2.91. The molecule has 0 bridgehead atoms. The number of ether oxygens (including phenoxy) is 1. The highest BCUT2D eigenvalue weighted by Gasteiger charge is 2.35. The fourth-order valence-corrected chi connectivity index (χ4v) is 1.19. The van der Waals surface area contributed by atoms with Gasteiger partial charge in [0.25, 0.3) is 0 Å². The summed E-state index contributed by atoms with van der Waals surface area (Å²) in [6.07, 6.45) is -2.81. The minimum absolute atomic E-state index is 0.172. The van der Waals surface area contributed by atoms with E-state index >= 15 is 0 Å². The van der Waals surface area contributed by atoms with E-state index in [0.717, 1.165) is 0 Å². The summed E-state index contributed by atoms with van der Waals surface area (Å²) >= 11 is 0. The molecule has 0 unspecified atom stereocenters. The van der Waals surface area contributed by atoms with E-state index in [1.165, 1.54) is 6.92 Å². The Morgan fingerprint density at radius 2 is 2.14 bits per heavy atom. The molecule has 1 saturated heterocycles. The highest BCUT2D eigenvalue weighted by molar-refractivity contribution is 5.71. The van der Waals surface area contributed by atoms with Gasteiger partial charge in [0.05, 0.1) is 12.2 Å². The van der Waals surface area contributed by atoms with Gasteiger partial charge in [0.15, 0.2) is 0 Å². The number of hydrogen-bond acceptors (Lipinski definition) is 5. The van der Waals surface area contributed by atoms with Gasteiger partial charge in [0.2, 0.25) is 12.2 Å². The average Bonchev–Trinajstić information content (AvgIpc) is 2.09. The lowest BCUT2D eigenvalue weighted by molar-refractivity contribution is -0.277. The largest absolute Gasteiger partial charge is 0.390 e.